The number of nitro benzene ring substituents is 1. The fourth-order valence-electron chi connectivity index (χ4n) is 1.25. The molecule has 0 aliphatic carbocycles. The zero-order chi connectivity index (χ0) is 15.6. The Morgan fingerprint density at radius 2 is 2.00 bits per heavy atom. The lowest BCUT2D eigenvalue weighted by Crippen LogP contribution is -2.33. The lowest BCUT2D eigenvalue weighted by molar-refractivity contribution is -0.385. The van der Waals surface area contributed by atoms with Gasteiger partial charge in [-0.25, -0.2) is 13.1 Å². The van der Waals surface area contributed by atoms with Crippen molar-refractivity contribution in [3.8, 4) is 5.75 Å². The summed E-state index contributed by atoms with van der Waals surface area (Å²) in [4.78, 5) is 9.12. The molecule has 1 N–H and O–H groups in total. The molecule has 20 heavy (non-hydrogen) atoms. The van der Waals surface area contributed by atoms with E-state index in [1.165, 1.54) is 4.72 Å². The monoisotopic (exact) mass is 314 g/mol. The number of benzene rings is 1. The van der Waals surface area contributed by atoms with Gasteiger partial charge in [-0.2, -0.15) is 13.2 Å². The van der Waals surface area contributed by atoms with Gasteiger partial charge >= 0.3 is 6.18 Å². The SMILES string of the molecule is COc1cc([N+](=O)[O-])ccc1S(=O)(=O)NCC(F)(F)F. The number of methoxy groups -OCH3 is 1. The smallest absolute Gasteiger partial charge is 0.402 e. The molecular weight excluding hydrogens is 305 g/mol. The number of hydrogen-bond donors (Lipinski definition) is 1. The molecule has 0 spiro atoms. The molecule has 0 aliphatic rings. The van der Waals surface area contributed by atoms with Crippen molar-refractivity contribution in [2.24, 2.45) is 0 Å². The number of non-ortho nitro benzene ring substituents is 1. The summed E-state index contributed by atoms with van der Waals surface area (Å²) >= 11 is 0. The van der Waals surface area contributed by atoms with Crippen LogP contribution in [-0.2, 0) is 10.0 Å². The van der Waals surface area contributed by atoms with E-state index in [1.807, 2.05) is 0 Å². The molecule has 0 heterocycles. The normalized spacial score (nSPS) is 12.2. The Kier molecular flexibility index (Phi) is 4.55. The van der Waals surface area contributed by atoms with E-state index < -0.39 is 44.0 Å². The number of rotatable bonds is 5. The van der Waals surface area contributed by atoms with E-state index in [9.17, 15) is 31.7 Å². The second-order valence-electron chi connectivity index (χ2n) is 3.53. The number of ether oxygens (including phenoxy) is 1. The van der Waals surface area contributed by atoms with Crippen molar-refractivity contribution in [2.45, 2.75) is 11.1 Å². The van der Waals surface area contributed by atoms with Crippen LogP contribution in [0.3, 0.4) is 0 Å². The van der Waals surface area contributed by atoms with Crippen LogP contribution >= 0.6 is 0 Å². The molecular formula is C9H9F3N2O5S. The molecule has 1 aromatic carbocycles. The first-order chi connectivity index (χ1) is 9.07. The number of hydrogen-bond acceptors (Lipinski definition) is 5. The molecule has 112 valence electrons. The number of halogens is 3. The summed E-state index contributed by atoms with van der Waals surface area (Å²) in [5, 5.41) is 10.5. The number of nitro groups is 1. The summed E-state index contributed by atoms with van der Waals surface area (Å²) < 4.78 is 65.4. The number of nitrogens with zero attached hydrogens (tertiary/aromatic N) is 1. The first-order valence-corrected chi connectivity index (χ1v) is 6.44. The summed E-state index contributed by atoms with van der Waals surface area (Å²) in [5.74, 6) is -0.422. The maximum Gasteiger partial charge on any atom is 0.402 e. The van der Waals surface area contributed by atoms with Gasteiger partial charge < -0.3 is 4.74 Å². The molecule has 0 amide bonds. The summed E-state index contributed by atoms with van der Waals surface area (Å²) in [6.07, 6.45) is -4.72. The van der Waals surface area contributed by atoms with Gasteiger partial charge in [0.2, 0.25) is 10.0 Å². The van der Waals surface area contributed by atoms with Gasteiger partial charge in [0, 0.05) is 6.07 Å². The lowest BCUT2D eigenvalue weighted by atomic mass is 10.3. The maximum atomic E-state index is 12.0. The molecule has 0 unspecified atom stereocenters. The van der Waals surface area contributed by atoms with E-state index in [0.717, 1.165) is 25.3 Å². The molecule has 0 saturated heterocycles. The Morgan fingerprint density at radius 1 is 1.40 bits per heavy atom. The van der Waals surface area contributed by atoms with Crippen molar-refractivity contribution in [2.75, 3.05) is 13.7 Å². The molecule has 0 bridgehead atoms. The van der Waals surface area contributed by atoms with Gasteiger partial charge in [0.25, 0.3) is 5.69 Å². The lowest BCUT2D eigenvalue weighted by Gasteiger charge is -2.11. The molecule has 0 aliphatic heterocycles. The third-order valence-electron chi connectivity index (χ3n) is 2.11. The Hall–Kier alpha value is -1.88. The van der Waals surface area contributed by atoms with Crippen molar-refractivity contribution < 1.29 is 31.2 Å². The maximum absolute atomic E-state index is 12.0. The largest absolute Gasteiger partial charge is 0.495 e. The fourth-order valence-corrected chi connectivity index (χ4v) is 2.41. The fraction of sp³-hybridized carbons (Fsp3) is 0.333. The van der Waals surface area contributed by atoms with Gasteiger partial charge in [-0.05, 0) is 6.07 Å². The topological polar surface area (TPSA) is 98.5 Å². The molecule has 0 fully saturated rings. The number of nitrogens with one attached hydrogen (secondary N) is 1. The predicted molar refractivity (Wildman–Crippen MR) is 60.9 cm³/mol. The average Bonchev–Trinajstić information content (AvgIpc) is 2.35. The van der Waals surface area contributed by atoms with Crippen molar-refractivity contribution in [1.29, 1.82) is 0 Å². The molecule has 0 atom stereocenters. The number of sulfonamides is 1. The van der Waals surface area contributed by atoms with Crippen LogP contribution < -0.4 is 9.46 Å². The van der Waals surface area contributed by atoms with Gasteiger partial charge in [-0.3, -0.25) is 10.1 Å². The summed E-state index contributed by atoms with van der Waals surface area (Å²) in [6, 6.07) is 2.46. The van der Waals surface area contributed by atoms with Crippen LogP contribution in [0.1, 0.15) is 0 Å². The average molecular weight is 314 g/mol. The zero-order valence-electron chi connectivity index (χ0n) is 9.97. The van der Waals surface area contributed by atoms with E-state index >= 15 is 0 Å². The van der Waals surface area contributed by atoms with Crippen LogP contribution in [0.15, 0.2) is 23.1 Å². The van der Waals surface area contributed by atoms with Gasteiger partial charge in [0.1, 0.15) is 17.2 Å². The van der Waals surface area contributed by atoms with Crippen molar-refractivity contribution >= 4 is 15.7 Å². The zero-order valence-corrected chi connectivity index (χ0v) is 10.8. The van der Waals surface area contributed by atoms with E-state index in [4.69, 9.17) is 0 Å². The molecule has 0 saturated carbocycles. The van der Waals surface area contributed by atoms with E-state index in [2.05, 4.69) is 4.74 Å². The molecule has 11 heteroatoms. The second kappa shape index (κ2) is 5.63. The second-order valence-corrected chi connectivity index (χ2v) is 5.27. The van der Waals surface area contributed by atoms with Crippen LogP contribution in [0.2, 0.25) is 0 Å². The van der Waals surface area contributed by atoms with E-state index in [-0.39, 0.29) is 0 Å². The summed E-state index contributed by atoms with van der Waals surface area (Å²) in [7, 11) is -3.45. The third-order valence-corrected chi connectivity index (χ3v) is 3.55. The van der Waals surface area contributed by atoms with Crippen molar-refractivity contribution in [3.63, 3.8) is 0 Å². The Morgan fingerprint density at radius 3 is 2.45 bits per heavy atom. The first-order valence-electron chi connectivity index (χ1n) is 4.95. The van der Waals surface area contributed by atoms with Crippen molar-refractivity contribution in [3.05, 3.63) is 28.3 Å². The predicted octanol–water partition coefficient (Wildman–Crippen LogP) is 1.44. The minimum absolute atomic E-state index is 0.422. The van der Waals surface area contributed by atoms with Gasteiger partial charge in [0.05, 0.1) is 18.1 Å². The molecule has 0 radical (unpaired) electrons. The summed E-state index contributed by atoms with van der Waals surface area (Å²) in [6.45, 7) is -1.75. The van der Waals surface area contributed by atoms with Crippen LogP contribution in [0.5, 0.6) is 5.75 Å². The minimum atomic E-state index is -4.72. The first kappa shape index (κ1) is 16.2. The molecule has 1 aromatic rings. The highest BCUT2D eigenvalue weighted by Crippen LogP contribution is 2.28. The Balaban J connectivity index is 3.15. The summed E-state index contributed by atoms with van der Waals surface area (Å²) in [5.41, 5.74) is -0.448. The minimum Gasteiger partial charge on any atom is -0.495 e. The molecule has 0 aromatic heterocycles. The van der Waals surface area contributed by atoms with Crippen LogP contribution in [0, 0.1) is 10.1 Å². The Bertz CT molecular complexity index is 614. The molecule has 1 rings (SSSR count). The molecule has 7 nitrogen and oxygen atoms in total. The third kappa shape index (κ3) is 4.06. The number of alkyl halides is 3. The van der Waals surface area contributed by atoms with E-state index in [0.29, 0.717) is 0 Å². The van der Waals surface area contributed by atoms with Gasteiger partial charge in [0.15, 0.2) is 0 Å². The van der Waals surface area contributed by atoms with E-state index in [1.54, 1.807) is 0 Å². The highest BCUT2D eigenvalue weighted by molar-refractivity contribution is 7.89. The highest BCUT2D eigenvalue weighted by atomic mass is 32.2. The quantitative estimate of drug-likeness (QED) is 0.655. The van der Waals surface area contributed by atoms with Gasteiger partial charge in [-0.15, -0.1) is 0 Å². The van der Waals surface area contributed by atoms with Crippen LogP contribution in [-0.4, -0.2) is 33.2 Å². The van der Waals surface area contributed by atoms with Crippen LogP contribution in [0.4, 0.5) is 18.9 Å². The highest BCUT2D eigenvalue weighted by Gasteiger charge is 2.31. The standard InChI is InChI=1S/C9H9F3N2O5S/c1-19-7-4-6(14(15)16)2-3-8(7)20(17,18)13-5-9(10,11)12/h2-4,13H,5H2,1H3. The Labute approximate surface area is 111 Å². The van der Waals surface area contributed by atoms with Gasteiger partial charge in [-0.1, -0.05) is 0 Å². The van der Waals surface area contributed by atoms with Crippen molar-refractivity contribution in [1.82, 2.24) is 4.72 Å². The van der Waals surface area contributed by atoms with Crippen LogP contribution in [0.25, 0.3) is 0 Å².